The Morgan fingerprint density at radius 3 is 1.84 bits per heavy atom. The van der Waals surface area contributed by atoms with Crippen LogP contribution in [0.2, 0.25) is 0 Å². The summed E-state index contributed by atoms with van der Waals surface area (Å²) in [6.07, 6.45) is 8.10. The summed E-state index contributed by atoms with van der Waals surface area (Å²) < 4.78 is 29.3. The van der Waals surface area contributed by atoms with E-state index in [-0.39, 0.29) is 16.1 Å². The maximum atomic E-state index is 13.8. The van der Waals surface area contributed by atoms with Crippen molar-refractivity contribution in [3.05, 3.63) is 23.3 Å². The highest BCUT2D eigenvalue weighted by Crippen LogP contribution is 2.45. The summed E-state index contributed by atoms with van der Waals surface area (Å²) in [4.78, 5) is 0. The Hall–Kier alpha value is -1.23. The molecule has 5 heteroatoms. The van der Waals surface area contributed by atoms with E-state index in [9.17, 15) is 13.5 Å². The van der Waals surface area contributed by atoms with Crippen molar-refractivity contribution in [3.8, 4) is 5.75 Å². The predicted octanol–water partition coefficient (Wildman–Crippen LogP) is 7.04. The van der Waals surface area contributed by atoms with Crippen molar-refractivity contribution < 1.29 is 13.5 Å². The molecule has 1 aromatic carbocycles. The fourth-order valence-corrected chi connectivity index (χ4v) is 6.50. The fourth-order valence-electron chi connectivity index (χ4n) is 4.42. The van der Waals surface area contributed by atoms with Crippen LogP contribution in [0, 0.1) is 0 Å². The molecule has 0 atom stereocenters. The van der Waals surface area contributed by atoms with E-state index in [0.29, 0.717) is 12.3 Å². The third-order valence-corrected chi connectivity index (χ3v) is 9.93. The Kier molecular flexibility index (Phi) is 8.52. The Morgan fingerprint density at radius 1 is 0.935 bits per heavy atom. The van der Waals surface area contributed by atoms with Crippen LogP contribution in [-0.4, -0.2) is 25.3 Å². The van der Waals surface area contributed by atoms with E-state index < -0.39 is 10.0 Å². The number of nitrogens with zero attached hydrogens (tertiary/aromatic N) is 1. The second kappa shape index (κ2) is 10.1. The van der Waals surface area contributed by atoms with Gasteiger partial charge >= 0.3 is 0 Å². The zero-order valence-corrected chi connectivity index (χ0v) is 21.7. The number of benzene rings is 1. The summed E-state index contributed by atoms with van der Waals surface area (Å²) in [6.45, 7) is 15.3. The van der Waals surface area contributed by atoms with Crippen molar-refractivity contribution in [2.75, 3.05) is 10.8 Å². The monoisotopic (exact) mass is 451 g/mol. The molecule has 1 aliphatic carbocycles. The number of hydrogen-bond acceptors (Lipinski definition) is 3. The van der Waals surface area contributed by atoms with E-state index in [0.717, 1.165) is 74.6 Å². The Bertz CT molecular complexity index is 799. The Labute approximate surface area is 191 Å². The Balaban J connectivity index is 2.72. The average molecular weight is 452 g/mol. The van der Waals surface area contributed by atoms with Gasteiger partial charge in [0.25, 0.3) is 0 Å². The number of unbranched alkanes of at least 4 members (excludes halogenated alkanes) is 1. The molecule has 0 saturated heterocycles. The highest BCUT2D eigenvalue weighted by atomic mass is 32.2. The minimum Gasteiger partial charge on any atom is -0.507 e. The lowest BCUT2D eigenvalue weighted by Gasteiger charge is -2.35. The van der Waals surface area contributed by atoms with Gasteiger partial charge in [0.05, 0.1) is 10.9 Å². The van der Waals surface area contributed by atoms with Crippen molar-refractivity contribution in [2.45, 2.75) is 122 Å². The molecule has 0 heterocycles. The smallest absolute Gasteiger partial charge is 0.238 e. The average Bonchev–Trinajstić information content (AvgIpc) is 2.75. The number of phenolic OH excluding ortho intramolecular Hbond substituents is 1. The summed E-state index contributed by atoms with van der Waals surface area (Å²) in [5, 5.41) is 11.0. The van der Waals surface area contributed by atoms with E-state index in [4.69, 9.17) is 0 Å². The van der Waals surface area contributed by atoms with Gasteiger partial charge in [0, 0.05) is 17.7 Å². The van der Waals surface area contributed by atoms with E-state index in [2.05, 4.69) is 48.5 Å². The maximum Gasteiger partial charge on any atom is 0.238 e. The fraction of sp³-hybridized carbons (Fsp3) is 0.769. The van der Waals surface area contributed by atoms with Crippen LogP contribution < -0.4 is 4.31 Å². The van der Waals surface area contributed by atoms with Crippen LogP contribution in [0.3, 0.4) is 0 Å². The molecule has 178 valence electrons. The highest BCUT2D eigenvalue weighted by molar-refractivity contribution is 7.93. The van der Waals surface area contributed by atoms with Gasteiger partial charge in [-0.2, -0.15) is 0 Å². The molecule has 4 nitrogen and oxygen atoms in total. The molecular formula is C26H45NO3S. The maximum absolute atomic E-state index is 13.8. The Morgan fingerprint density at radius 2 is 1.42 bits per heavy atom. The molecule has 0 aromatic heterocycles. The SMILES string of the molecule is CCCCN(c1cc(C(C)(C)CC)c(O)c(C(C)(C)CC)c1)S(=O)(=O)C1CCCCC1. The molecule has 1 N–H and O–H groups in total. The molecule has 0 amide bonds. The van der Waals surface area contributed by atoms with Gasteiger partial charge < -0.3 is 5.11 Å². The highest BCUT2D eigenvalue weighted by Gasteiger charge is 2.36. The predicted molar refractivity (Wildman–Crippen MR) is 133 cm³/mol. The molecule has 0 spiro atoms. The number of aromatic hydroxyl groups is 1. The molecule has 0 unspecified atom stereocenters. The standard InChI is InChI=1S/C26H45NO3S/c1-8-11-17-27(31(29,30)21-15-13-12-14-16-21)20-18-22(25(4,5)9-2)24(28)23(19-20)26(6,7)10-3/h18-19,21,28H,8-17H2,1-7H3. The second-order valence-corrected chi connectivity index (χ2v) is 12.7. The van der Waals surface area contributed by atoms with Crippen molar-refractivity contribution in [1.29, 1.82) is 0 Å². The lowest BCUT2D eigenvalue weighted by molar-refractivity contribution is 0.400. The summed E-state index contributed by atoms with van der Waals surface area (Å²) in [5.41, 5.74) is 1.94. The van der Waals surface area contributed by atoms with E-state index in [1.165, 1.54) is 0 Å². The number of phenols is 1. The van der Waals surface area contributed by atoms with E-state index in [1.807, 2.05) is 12.1 Å². The molecule has 31 heavy (non-hydrogen) atoms. The topological polar surface area (TPSA) is 57.6 Å². The molecule has 1 aliphatic rings. The van der Waals surface area contributed by atoms with E-state index >= 15 is 0 Å². The first-order valence-electron chi connectivity index (χ1n) is 12.3. The summed E-state index contributed by atoms with van der Waals surface area (Å²) in [6, 6.07) is 3.90. The van der Waals surface area contributed by atoms with Crippen LogP contribution in [-0.2, 0) is 20.9 Å². The first-order chi connectivity index (χ1) is 14.4. The lowest BCUT2D eigenvalue weighted by Crippen LogP contribution is -2.41. The second-order valence-electron chi connectivity index (χ2n) is 10.6. The largest absolute Gasteiger partial charge is 0.507 e. The van der Waals surface area contributed by atoms with E-state index in [1.54, 1.807) is 4.31 Å². The van der Waals surface area contributed by atoms with Crippen LogP contribution in [0.4, 0.5) is 5.69 Å². The third-order valence-electron chi connectivity index (χ3n) is 7.60. The zero-order valence-electron chi connectivity index (χ0n) is 20.9. The van der Waals surface area contributed by atoms with Crippen molar-refractivity contribution >= 4 is 15.7 Å². The molecule has 0 aliphatic heterocycles. The van der Waals surface area contributed by atoms with Crippen LogP contribution >= 0.6 is 0 Å². The van der Waals surface area contributed by atoms with Crippen LogP contribution in [0.15, 0.2) is 12.1 Å². The zero-order chi connectivity index (χ0) is 23.4. The minimum atomic E-state index is -3.45. The third kappa shape index (κ3) is 5.58. The molecule has 1 aromatic rings. The van der Waals surface area contributed by atoms with Gasteiger partial charge in [0.1, 0.15) is 5.75 Å². The van der Waals surface area contributed by atoms with Gasteiger partial charge in [0.15, 0.2) is 0 Å². The molecule has 1 fully saturated rings. The molecule has 2 rings (SSSR count). The summed E-state index contributed by atoms with van der Waals surface area (Å²) in [5.74, 6) is 0.327. The van der Waals surface area contributed by atoms with Gasteiger partial charge in [-0.3, -0.25) is 4.31 Å². The minimum absolute atomic E-state index is 0.246. The van der Waals surface area contributed by atoms with Crippen molar-refractivity contribution in [2.24, 2.45) is 0 Å². The van der Waals surface area contributed by atoms with Crippen LogP contribution in [0.5, 0.6) is 5.75 Å². The molecule has 1 saturated carbocycles. The number of hydrogen-bond donors (Lipinski definition) is 1. The van der Waals surface area contributed by atoms with Gasteiger partial charge in [-0.15, -0.1) is 0 Å². The van der Waals surface area contributed by atoms with Crippen molar-refractivity contribution in [3.63, 3.8) is 0 Å². The van der Waals surface area contributed by atoms with Crippen molar-refractivity contribution in [1.82, 2.24) is 0 Å². The first kappa shape index (κ1) is 26.0. The molecule has 0 radical (unpaired) electrons. The number of rotatable bonds is 10. The first-order valence-corrected chi connectivity index (χ1v) is 13.8. The quantitative estimate of drug-likeness (QED) is 0.415. The van der Waals surface area contributed by atoms with Gasteiger partial charge in [-0.1, -0.05) is 74.1 Å². The number of anilines is 1. The van der Waals surface area contributed by atoms with Crippen LogP contribution in [0.25, 0.3) is 0 Å². The molecular weight excluding hydrogens is 406 g/mol. The summed E-state index contributed by atoms with van der Waals surface area (Å²) >= 11 is 0. The van der Waals surface area contributed by atoms with Gasteiger partial charge in [0.2, 0.25) is 10.0 Å². The van der Waals surface area contributed by atoms with Gasteiger partial charge in [-0.25, -0.2) is 8.42 Å². The lowest BCUT2D eigenvalue weighted by atomic mass is 9.75. The van der Waals surface area contributed by atoms with Crippen LogP contribution in [0.1, 0.15) is 117 Å². The molecule has 0 bridgehead atoms. The normalized spacial score (nSPS) is 16.5. The van der Waals surface area contributed by atoms with Gasteiger partial charge in [-0.05, 0) is 55.1 Å². The summed E-state index contributed by atoms with van der Waals surface area (Å²) in [7, 11) is -3.45. The number of sulfonamides is 1.